The fourth-order valence-electron chi connectivity index (χ4n) is 3.80. The zero-order chi connectivity index (χ0) is 23.5. The molecule has 0 unspecified atom stereocenters. The number of ether oxygens (including phenoxy) is 2. The molecule has 1 aromatic heterocycles. The summed E-state index contributed by atoms with van der Waals surface area (Å²) in [6.45, 7) is 6.53. The van der Waals surface area contributed by atoms with Crippen molar-refractivity contribution in [1.29, 1.82) is 0 Å². The van der Waals surface area contributed by atoms with Crippen molar-refractivity contribution in [2.45, 2.75) is 30.0 Å². The van der Waals surface area contributed by atoms with Crippen LogP contribution in [0.1, 0.15) is 18.9 Å². The highest BCUT2D eigenvalue weighted by atomic mass is 32.2. The molecule has 0 spiro atoms. The monoisotopic (exact) mass is 472 g/mol. The van der Waals surface area contributed by atoms with E-state index in [2.05, 4.69) is 22.1 Å². The maximum absolute atomic E-state index is 12.9. The van der Waals surface area contributed by atoms with Gasteiger partial charge in [0.05, 0.1) is 5.25 Å². The molecule has 5 rings (SSSR count). The van der Waals surface area contributed by atoms with Crippen LogP contribution in [-0.4, -0.2) is 32.5 Å². The smallest absolute Gasteiger partial charge is 0.237 e. The van der Waals surface area contributed by atoms with Gasteiger partial charge in [-0.15, -0.1) is 16.8 Å². The number of nitrogens with one attached hydrogen (secondary N) is 1. The summed E-state index contributed by atoms with van der Waals surface area (Å²) in [5, 5.41) is 14.2. The van der Waals surface area contributed by atoms with E-state index < -0.39 is 11.4 Å². The maximum Gasteiger partial charge on any atom is 0.237 e. The number of thioether (sulfide) groups is 1. The lowest BCUT2D eigenvalue weighted by Gasteiger charge is -2.26. The lowest BCUT2D eigenvalue weighted by Crippen LogP contribution is -2.25. The molecule has 1 aliphatic rings. The number of rotatable bonds is 7. The van der Waals surface area contributed by atoms with Gasteiger partial charge in [0.1, 0.15) is 6.61 Å². The SMILES string of the molecule is C=CCn1c(S[C@H](C)C(=O)Nc2ccc3ccccc3c2)nnc1[C@@H]1COc2ccccc2O1. The second-order valence-corrected chi connectivity index (χ2v) is 9.22. The first-order chi connectivity index (χ1) is 16.6. The molecule has 0 saturated heterocycles. The summed E-state index contributed by atoms with van der Waals surface area (Å²) in [7, 11) is 0. The number of allylic oxidation sites excluding steroid dienone is 1. The minimum Gasteiger partial charge on any atom is -0.485 e. The molecule has 1 amide bonds. The number of amides is 1. The van der Waals surface area contributed by atoms with E-state index >= 15 is 0 Å². The highest BCUT2D eigenvalue weighted by Crippen LogP contribution is 2.36. The Morgan fingerprint density at radius 3 is 2.74 bits per heavy atom. The molecular weight excluding hydrogens is 448 g/mol. The Morgan fingerprint density at radius 2 is 1.91 bits per heavy atom. The molecule has 0 saturated carbocycles. The van der Waals surface area contributed by atoms with Crippen molar-refractivity contribution in [3.63, 3.8) is 0 Å². The van der Waals surface area contributed by atoms with Crippen LogP contribution in [0.3, 0.4) is 0 Å². The van der Waals surface area contributed by atoms with Crippen LogP contribution in [-0.2, 0) is 11.3 Å². The Labute approximate surface area is 201 Å². The van der Waals surface area contributed by atoms with Crippen LogP contribution in [0.4, 0.5) is 5.69 Å². The number of hydrogen-bond donors (Lipinski definition) is 1. The van der Waals surface area contributed by atoms with Gasteiger partial charge in [0.2, 0.25) is 5.91 Å². The highest BCUT2D eigenvalue weighted by Gasteiger charge is 2.29. The van der Waals surface area contributed by atoms with Crippen molar-refractivity contribution in [2.75, 3.05) is 11.9 Å². The highest BCUT2D eigenvalue weighted by molar-refractivity contribution is 8.00. The van der Waals surface area contributed by atoms with Crippen molar-refractivity contribution < 1.29 is 14.3 Å². The van der Waals surface area contributed by atoms with Crippen LogP contribution in [0.2, 0.25) is 0 Å². The van der Waals surface area contributed by atoms with E-state index in [9.17, 15) is 4.79 Å². The number of hydrogen-bond acceptors (Lipinski definition) is 6. The molecule has 1 N–H and O–H groups in total. The third kappa shape index (κ3) is 4.49. The van der Waals surface area contributed by atoms with Gasteiger partial charge >= 0.3 is 0 Å². The lowest BCUT2D eigenvalue weighted by atomic mass is 10.1. The molecule has 8 heteroatoms. The first-order valence-corrected chi connectivity index (χ1v) is 11.9. The van der Waals surface area contributed by atoms with Crippen molar-refractivity contribution >= 4 is 34.1 Å². The molecule has 0 bridgehead atoms. The normalized spacial score (nSPS) is 15.6. The van der Waals surface area contributed by atoms with Crippen LogP contribution in [0.5, 0.6) is 11.5 Å². The van der Waals surface area contributed by atoms with Gasteiger partial charge in [-0.1, -0.05) is 60.3 Å². The molecule has 7 nitrogen and oxygen atoms in total. The minimum absolute atomic E-state index is 0.110. The molecule has 4 aromatic rings. The first-order valence-electron chi connectivity index (χ1n) is 11.0. The van der Waals surface area contributed by atoms with Crippen LogP contribution in [0, 0.1) is 0 Å². The summed E-state index contributed by atoms with van der Waals surface area (Å²) in [5.41, 5.74) is 0.760. The number of para-hydroxylation sites is 2. The van der Waals surface area contributed by atoms with E-state index in [1.165, 1.54) is 11.8 Å². The van der Waals surface area contributed by atoms with E-state index in [-0.39, 0.29) is 5.91 Å². The van der Waals surface area contributed by atoms with Gasteiger partial charge in [-0.25, -0.2) is 0 Å². The average molecular weight is 473 g/mol. The Kier molecular flexibility index (Phi) is 6.22. The maximum atomic E-state index is 12.9. The largest absolute Gasteiger partial charge is 0.485 e. The van der Waals surface area contributed by atoms with E-state index in [0.29, 0.717) is 35.6 Å². The van der Waals surface area contributed by atoms with E-state index in [1.807, 2.05) is 78.2 Å². The van der Waals surface area contributed by atoms with E-state index in [1.54, 1.807) is 6.08 Å². The third-order valence-electron chi connectivity index (χ3n) is 5.52. The Hall–Kier alpha value is -3.78. The van der Waals surface area contributed by atoms with Gasteiger partial charge in [0.25, 0.3) is 0 Å². The number of fused-ring (bicyclic) bond motifs is 2. The second-order valence-electron chi connectivity index (χ2n) is 7.92. The predicted molar refractivity (Wildman–Crippen MR) is 133 cm³/mol. The van der Waals surface area contributed by atoms with Gasteiger partial charge in [-0.2, -0.15) is 0 Å². The average Bonchev–Trinajstić information content (AvgIpc) is 3.25. The molecule has 0 radical (unpaired) electrons. The summed E-state index contributed by atoms with van der Waals surface area (Å²) in [6.07, 6.45) is 1.37. The van der Waals surface area contributed by atoms with Crippen LogP contribution in [0.15, 0.2) is 84.5 Å². The van der Waals surface area contributed by atoms with E-state index in [0.717, 1.165) is 16.5 Å². The topological polar surface area (TPSA) is 78.3 Å². The number of nitrogens with zero attached hydrogens (tertiary/aromatic N) is 3. The van der Waals surface area contributed by atoms with Gasteiger partial charge < -0.3 is 14.8 Å². The standard InChI is InChI=1S/C26H24N4O3S/c1-3-14-30-24(23-16-32-21-10-6-7-11-22(21)33-23)28-29-26(30)34-17(2)25(31)27-20-13-12-18-8-4-5-9-19(18)15-20/h3-13,15,17,23H,1,14,16H2,2H3,(H,27,31)/t17-,23+/m1/s1. The van der Waals surface area contributed by atoms with Gasteiger partial charge in [0, 0.05) is 12.2 Å². The number of benzene rings is 3. The predicted octanol–water partition coefficient (Wildman–Crippen LogP) is 5.25. The number of carbonyl (C=O) groups excluding carboxylic acids is 1. The van der Waals surface area contributed by atoms with Crippen LogP contribution in [0.25, 0.3) is 10.8 Å². The lowest BCUT2D eigenvalue weighted by molar-refractivity contribution is -0.115. The van der Waals surface area contributed by atoms with Crippen LogP contribution >= 0.6 is 11.8 Å². The molecule has 0 fully saturated rings. The summed E-state index contributed by atoms with van der Waals surface area (Å²) < 4.78 is 13.9. The van der Waals surface area contributed by atoms with Crippen molar-refractivity contribution in [1.82, 2.24) is 14.8 Å². The summed E-state index contributed by atoms with van der Waals surface area (Å²) in [4.78, 5) is 12.9. The van der Waals surface area contributed by atoms with Crippen LogP contribution < -0.4 is 14.8 Å². The molecule has 1 aliphatic heterocycles. The van der Waals surface area contributed by atoms with Crippen molar-refractivity contribution in [3.8, 4) is 11.5 Å². The summed E-state index contributed by atoms with van der Waals surface area (Å²) in [5.74, 6) is 1.91. The minimum atomic E-state index is -0.404. The third-order valence-corrected chi connectivity index (χ3v) is 6.60. The molecule has 3 aromatic carbocycles. The van der Waals surface area contributed by atoms with E-state index in [4.69, 9.17) is 9.47 Å². The Bertz CT molecular complexity index is 1350. The molecule has 2 heterocycles. The molecule has 172 valence electrons. The molecule has 2 atom stereocenters. The second kappa shape index (κ2) is 9.61. The quantitative estimate of drug-likeness (QED) is 0.292. The van der Waals surface area contributed by atoms with Gasteiger partial charge in [-0.3, -0.25) is 9.36 Å². The van der Waals surface area contributed by atoms with Crippen molar-refractivity contribution in [2.24, 2.45) is 0 Å². The number of carbonyl (C=O) groups is 1. The molecular formula is C26H24N4O3S. The van der Waals surface area contributed by atoms with Crippen molar-refractivity contribution in [3.05, 3.63) is 85.2 Å². The fraction of sp³-hybridized carbons (Fsp3) is 0.192. The number of aromatic nitrogens is 3. The van der Waals surface area contributed by atoms with Gasteiger partial charge in [-0.05, 0) is 42.0 Å². The van der Waals surface area contributed by atoms with Gasteiger partial charge in [0.15, 0.2) is 28.6 Å². The first kappa shape index (κ1) is 22.0. The Morgan fingerprint density at radius 1 is 1.15 bits per heavy atom. The summed E-state index contributed by atoms with van der Waals surface area (Å²) >= 11 is 1.34. The Balaban J connectivity index is 1.31. The zero-order valence-corrected chi connectivity index (χ0v) is 19.5. The molecule has 0 aliphatic carbocycles. The zero-order valence-electron chi connectivity index (χ0n) is 18.7. The summed E-state index contributed by atoms with van der Waals surface area (Å²) in [6, 6.07) is 21.5. The fourth-order valence-corrected chi connectivity index (χ4v) is 4.66. The molecule has 34 heavy (non-hydrogen) atoms. The number of anilines is 1.